The number of ether oxygens (including phenoxy) is 2. The van der Waals surface area contributed by atoms with Crippen LogP contribution in [0.15, 0.2) is 12.1 Å². The van der Waals surface area contributed by atoms with Gasteiger partial charge in [-0.25, -0.2) is 9.18 Å². The number of carbonyl (C=O) groups is 1. The molecule has 0 aliphatic carbocycles. The summed E-state index contributed by atoms with van der Waals surface area (Å²) in [4.78, 5) is 11.7. The Morgan fingerprint density at radius 3 is 2.14 bits per heavy atom. The normalized spacial score (nSPS) is 19.1. The first-order chi connectivity index (χ1) is 10.1. The molecule has 1 heterocycles. The number of rotatable bonds is 3. The Morgan fingerprint density at radius 1 is 1.14 bits per heavy atom. The van der Waals surface area contributed by atoms with E-state index in [0.29, 0.717) is 5.46 Å². The Hall–Kier alpha value is -1.60. The minimum absolute atomic E-state index is 0.187. The lowest BCUT2D eigenvalue weighted by Crippen LogP contribution is -2.41. The van der Waals surface area contributed by atoms with Crippen LogP contribution in [0.3, 0.4) is 0 Å². The molecule has 0 unspecified atom stereocenters. The SMILES string of the molecule is COC(=O)c1cc(B2OC(C)(C)C(C)(C)O2)c(OC)cc1F. The van der Waals surface area contributed by atoms with Crippen molar-refractivity contribution in [2.45, 2.75) is 38.9 Å². The van der Waals surface area contributed by atoms with E-state index in [0.717, 1.165) is 6.07 Å². The van der Waals surface area contributed by atoms with Crippen molar-refractivity contribution in [2.75, 3.05) is 14.2 Å². The highest BCUT2D eigenvalue weighted by Gasteiger charge is 2.52. The molecule has 120 valence electrons. The first kappa shape index (κ1) is 16.8. The molecule has 5 nitrogen and oxygen atoms in total. The molecular weight excluding hydrogens is 290 g/mol. The Labute approximate surface area is 129 Å². The average Bonchev–Trinajstić information content (AvgIpc) is 2.66. The lowest BCUT2D eigenvalue weighted by atomic mass is 9.77. The zero-order valence-corrected chi connectivity index (χ0v) is 13.7. The third-order valence-electron chi connectivity index (χ3n) is 4.23. The molecule has 22 heavy (non-hydrogen) atoms. The molecular formula is C15H20BFO5. The highest BCUT2D eigenvalue weighted by atomic mass is 19.1. The number of halogens is 1. The van der Waals surface area contributed by atoms with Crippen molar-refractivity contribution in [3.8, 4) is 5.75 Å². The largest absolute Gasteiger partial charge is 0.498 e. The fourth-order valence-electron chi connectivity index (χ4n) is 2.17. The van der Waals surface area contributed by atoms with E-state index in [2.05, 4.69) is 4.74 Å². The summed E-state index contributed by atoms with van der Waals surface area (Å²) >= 11 is 0. The van der Waals surface area contributed by atoms with Gasteiger partial charge in [-0.1, -0.05) is 0 Å². The second kappa shape index (κ2) is 5.55. The predicted octanol–water partition coefficient (Wildman–Crippen LogP) is 1.92. The molecule has 1 aliphatic heterocycles. The third-order valence-corrected chi connectivity index (χ3v) is 4.23. The highest BCUT2D eigenvalue weighted by molar-refractivity contribution is 6.63. The topological polar surface area (TPSA) is 54.0 Å². The number of benzene rings is 1. The van der Waals surface area contributed by atoms with Crippen LogP contribution in [0, 0.1) is 5.82 Å². The molecule has 1 aliphatic rings. The van der Waals surface area contributed by atoms with Gasteiger partial charge < -0.3 is 18.8 Å². The number of carbonyl (C=O) groups excluding carboxylic acids is 1. The van der Waals surface area contributed by atoms with E-state index in [-0.39, 0.29) is 11.3 Å². The minimum Gasteiger partial charge on any atom is -0.497 e. The Bertz CT molecular complexity index is 584. The van der Waals surface area contributed by atoms with Crippen LogP contribution in [-0.4, -0.2) is 38.5 Å². The van der Waals surface area contributed by atoms with Gasteiger partial charge in [0.2, 0.25) is 0 Å². The molecule has 2 rings (SSSR count). The van der Waals surface area contributed by atoms with Crippen molar-refractivity contribution in [3.63, 3.8) is 0 Å². The lowest BCUT2D eigenvalue weighted by Gasteiger charge is -2.32. The summed E-state index contributed by atoms with van der Waals surface area (Å²) in [5.41, 5.74) is -0.846. The summed E-state index contributed by atoms with van der Waals surface area (Å²) in [7, 11) is 1.85. The first-order valence-corrected chi connectivity index (χ1v) is 6.94. The van der Waals surface area contributed by atoms with Crippen LogP contribution < -0.4 is 10.2 Å². The van der Waals surface area contributed by atoms with Gasteiger partial charge in [-0.3, -0.25) is 0 Å². The van der Waals surface area contributed by atoms with E-state index in [4.69, 9.17) is 14.0 Å². The Kier molecular flexibility index (Phi) is 4.23. The van der Waals surface area contributed by atoms with Crippen LogP contribution in [-0.2, 0) is 14.0 Å². The monoisotopic (exact) mass is 310 g/mol. The zero-order chi connectivity index (χ0) is 16.7. The van der Waals surface area contributed by atoms with Crippen molar-refractivity contribution in [1.82, 2.24) is 0 Å². The molecule has 0 radical (unpaired) electrons. The quantitative estimate of drug-likeness (QED) is 0.631. The molecule has 0 atom stereocenters. The molecule has 7 heteroatoms. The van der Waals surface area contributed by atoms with Gasteiger partial charge in [0.15, 0.2) is 0 Å². The van der Waals surface area contributed by atoms with E-state index in [1.165, 1.54) is 20.3 Å². The van der Waals surface area contributed by atoms with E-state index in [1.807, 2.05) is 27.7 Å². The van der Waals surface area contributed by atoms with E-state index in [1.54, 1.807) is 0 Å². The van der Waals surface area contributed by atoms with E-state index >= 15 is 0 Å². The maximum atomic E-state index is 14.0. The number of esters is 1. The van der Waals surface area contributed by atoms with Crippen molar-refractivity contribution < 1.29 is 28.0 Å². The highest BCUT2D eigenvalue weighted by Crippen LogP contribution is 2.37. The molecule has 0 aromatic heterocycles. The smallest absolute Gasteiger partial charge is 0.497 e. The first-order valence-electron chi connectivity index (χ1n) is 6.94. The zero-order valence-electron chi connectivity index (χ0n) is 13.7. The molecule has 1 aromatic carbocycles. The van der Waals surface area contributed by atoms with Crippen LogP contribution in [0.5, 0.6) is 5.75 Å². The fraction of sp³-hybridized carbons (Fsp3) is 0.533. The van der Waals surface area contributed by atoms with Gasteiger partial charge in [-0.15, -0.1) is 0 Å². The maximum absolute atomic E-state index is 14.0. The third kappa shape index (κ3) is 2.70. The number of hydrogen-bond acceptors (Lipinski definition) is 5. The molecule has 0 bridgehead atoms. The summed E-state index contributed by atoms with van der Waals surface area (Å²) in [6.45, 7) is 7.63. The standard InChI is InChI=1S/C15H20BFO5/c1-14(2)15(3,4)22-16(21-14)10-7-9(13(18)20-6)11(17)8-12(10)19-5/h7-8H,1-6H3. The van der Waals surface area contributed by atoms with Crippen LogP contribution in [0.25, 0.3) is 0 Å². The van der Waals surface area contributed by atoms with Crippen LogP contribution >= 0.6 is 0 Å². The van der Waals surface area contributed by atoms with Crippen LogP contribution in [0.1, 0.15) is 38.1 Å². The van der Waals surface area contributed by atoms with E-state index in [9.17, 15) is 9.18 Å². The molecule has 0 N–H and O–H groups in total. The van der Waals surface area contributed by atoms with Crippen molar-refractivity contribution in [2.24, 2.45) is 0 Å². The predicted molar refractivity (Wildman–Crippen MR) is 80.0 cm³/mol. The molecule has 0 spiro atoms. The average molecular weight is 310 g/mol. The molecule has 1 saturated heterocycles. The number of methoxy groups -OCH3 is 2. The summed E-state index contributed by atoms with van der Waals surface area (Å²) in [6, 6.07) is 2.48. The van der Waals surface area contributed by atoms with Gasteiger partial charge in [-0.2, -0.15) is 0 Å². The van der Waals surface area contributed by atoms with Gasteiger partial charge in [0.25, 0.3) is 0 Å². The van der Waals surface area contributed by atoms with E-state index < -0.39 is 30.1 Å². The van der Waals surface area contributed by atoms with Gasteiger partial charge in [0.1, 0.15) is 11.6 Å². The molecule has 0 amide bonds. The molecule has 1 fully saturated rings. The van der Waals surface area contributed by atoms with Crippen molar-refractivity contribution >= 4 is 18.6 Å². The summed E-state index contributed by atoms with van der Waals surface area (Å²) < 4.78 is 35.6. The van der Waals surface area contributed by atoms with Gasteiger partial charge in [0, 0.05) is 11.5 Å². The Balaban J connectivity index is 2.49. The summed E-state index contributed by atoms with van der Waals surface area (Å²) in [6.07, 6.45) is 0. The van der Waals surface area contributed by atoms with Crippen LogP contribution in [0.2, 0.25) is 0 Å². The van der Waals surface area contributed by atoms with Gasteiger partial charge >= 0.3 is 13.1 Å². The summed E-state index contributed by atoms with van der Waals surface area (Å²) in [5.74, 6) is -1.23. The molecule has 0 saturated carbocycles. The van der Waals surface area contributed by atoms with Crippen LogP contribution in [0.4, 0.5) is 4.39 Å². The van der Waals surface area contributed by atoms with Crippen molar-refractivity contribution in [1.29, 1.82) is 0 Å². The minimum atomic E-state index is -0.766. The second-order valence-electron chi connectivity index (χ2n) is 6.15. The Morgan fingerprint density at radius 2 is 1.68 bits per heavy atom. The lowest BCUT2D eigenvalue weighted by molar-refractivity contribution is 0.00578. The van der Waals surface area contributed by atoms with Gasteiger partial charge in [-0.05, 0) is 33.8 Å². The fourth-order valence-corrected chi connectivity index (χ4v) is 2.17. The second-order valence-corrected chi connectivity index (χ2v) is 6.15. The van der Waals surface area contributed by atoms with Crippen molar-refractivity contribution in [3.05, 3.63) is 23.5 Å². The maximum Gasteiger partial charge on any atom is 0.498 e. The van der Waals surface area contributed by atoms with Gasteiger partial charge in [0.05, 0.1) is 31.0 Å². The molecule has 1 aromatic rings. The number of hydrogen-bond donors (Lipinski definition) is 0. The summed E-state index contributed by atoms with van der Waals surface area (Å²) in [5, 5.41) is 0.